The maximum absolute atomic E-state index is 13.1. The van der Waals surface area contributed by atoms with Gasteiger partial charge >= 0.3 is 0 Å². The third kappa shape index (κ3) is 5.59. The lowest BCUT2D eigenvalue weighted by Gasteiger charge is -2.17. The second-order valence-electron chi connectivity index (χ2n) is 7.17. The smallest absolute Gasteiger partial charge is 0.297 e. The maximum Gasteiger partial charge on any atom is 0.297 e. The first-order chi connectivity index (χ1) is 13.9. The van der Waals surface area contributed by atoms with Crippen molar-refractivity contribution in [1.29, 1.82) is 0 Å². The number of rotatable bonds is 11. The van der Waals surface area contributed by atoms with Crippen LogP contribution in [-0.2, 0) is 6.54 Å². The lowest BCUT2D eigenvalue weighted by atomic mass is 10.1. The van der Waals surface area contributed by atoms with Crippen LogP contribution >= 0.6 is 0 Å². The number of aryl methyl sites for hydroxylation is 1. The largest absolute Gasteiger partial charge is 0.485 e. The molecular formula is C22H30N2O5. The molecule has 0 aliphatic carbocycles. The molecule has 7 nitrogen and oxygen atoms in total. The van der Waals surface area contributed by atoms with Gasteiger partial charge in [0, 0.05) is 24.1 Å². The number of pyridine rings is 1. The van der Waals surface area contributed by atoms with E-state index in [1.54, 1.807) is 6.07 Å². The lowest BCUT2D eigenvalue weighted by Crippen LogP contribution is -2.23. The Morgan fingerprint density at radius 3 is 2.52 bits per heavy atom. The Hall–Kier alpha value is -2.83. The van der Waals surface area contributed by atoms with E-state index in [2.05, 4.69) is 6.92 Å². The van der Waals surface area contributed by atoms with Crippen molar-refractivity contribution < 1.29 is 14.4 Å². The van der Waals surface area contributed by atoms with Crippen molar-refractivity contribution in [2.24, 2.45) is 0 Å². The van der Waals surface area contributed by atoms with Gasteiger partial charge in [-0.05, 0) is 39.3 Å². The molecule has 0 radical (unpaired) electrons. The number of nitro benzene ring substituents is 1. The highest BCUT2D eigenvalue weighted by atomic mass is 16.6. The summed E-state index contributed by atoms with van der Waals surface area (Å²) in [5, 5.41) is 11.8. The summed E-state index contributed by atoms with van der Waals surface area (Å²) in [4.78, 5) is 23.8. The van der Waals surface area contributed by atoms with Crippen molar-refractivity contribution in [2.45, 2.75) is 59.9 Å². The average molecular weight is 402 g/mol. The third-order valence-electron chi connectivity index (χ3n) is 4.65. The van der Waals surface area contributed by atoms with Crippen LogP contribution in [0.2, 0.25) is 0 Å². The van der Waals surface area contributed by atoms with Crippen LogP contribution in [0.5, 0.6) is 11.5 Å². The zero-order valence-electron chi connectivity index (χ0n) is 17.7. The van der Waals surface area contributed by atoms with Crippen LogP contribution < -0.4 is 15.0 Å². The van der Waals surface area contributed by atoms with Crippen molar-refractivity contribution in [1.82, 2.24) is 4.57 Å². The van der Waals surface area contributed by atoms with Gasteiger partial charge in [0.1, 0.15) is 6.61 Å². The Labute approximate surface area is 171 Å². The van der Waals surface area contributed by atoms with E-state index in [1.807, 2.05) is 26.8 Å². The van der Waals surface area contributed by atoms with Gasteiger partial charge in [0.2, 0.25) is 5.75 Å². The quantitative estimate of drug-likeness (QED) is 0.222. The molecule has 0 saturated carbocycles. The molecule has 1 aromatic heterocycles. The average Bonchev–Trinajstić information content (AvgIpc) is 2.68. The fraction of sp³-hybridized carbons (Fsp3) is 0.500. The number of fused-ring (bicyclic) bond motifs is 1. The first kappa shape index (κ1) is 22.5. The van der Waals surface area contributed by atoms with E-state index < -0.39 is 4.92 Å². The number of nitro groups is 1. The van der Waals surface area contributed by atoms with Crippen molar-refractivity contribution >= 4 is 16.6 Å². The molecule has 2 aromatic rings. The van der Waals surface area contributed by atoms with Gasteiger partial charge in [-0.15, -0.1) is 0 Å². The molecule has 2 rings (SSSR count). The second-order valence-corrected chi connectivity index (χ2v) is 7.17. The summed E-state index contributed by atoms with van der Waals surface area (Å²) in [5.41, 5.74) is 1.16. The normalized spacial score (nSPS) is 10.8. The summed E-state index contributed by atoms with van der Waals surface area (Å²) in [6.07, 6.45) is 6.03. The second kappa shape index (κ2) is 10.6. The van der Waals surface area contributed by atoms with Crippen LogP contribution in [0.4, 0.5) is 5.69 Å². The molecule has 0 amide bonds. The van der Waals surface area contributed by atoms with E-state index >= 15 is 0 Å². The van der Waals surface area contributed by atoms with Gasteiger partial charge in [0.25, 0.3) is 11.2 Å². The summed E-state index contributed by atoms with van der Waals surface area (Å²) in [6, 6.07) is 4.46. The van der Waals surface area contributed by atoms with Crippen LogP contribution in [0.15, 0.2) is 34.6 Å². The third-order valence-corrected chi connectivity index (χ3v) is 4.65. The van der Waals surface area contributed by atoms with Crippen LogP contribution in [0.3, 0.4) is 0 Å². The van der Waals surface area contributed by atoms with E-state index in [0.717, 1.165) is 31.3 Å². The number of hydrogen-bond donors (Lipinski definition) is 0. The first-order valence-electron chi connectivity index (χ1n) is 10.1. The standard InChI is InChI=1S/C22H30N2O5/c1-5-7-8-9-13-28-21-20(29-14-12-16(3)4)18-11-10-17(24(26)27)15-19(18)23(6-2)22(21)25/h10-12,15H,5-9,13-14H2,1-4H3. The number of hydrogen-bond acceptors (Lipinski definition) is 5. The van der Waals surface area contributed by atoms with Gasteiger partial charge in [-0.3, -0.25) is 14.9 Å². The Morgan fingerprint density at radius 2 is 1.90 bits per heavy atom. The van der Waals surface area contributed by atoms with E-state index in [4.69, 9.17) is 9.47 Å². The molecule has 158 valence electrons. The molecule has 1 heterocycles. The minimum atomic E-state index is -0.466. The topological polar surface area (TPSA) is 83.6 Å². The molecule has 0 fully saturated rings. The van der Waals surface area contributed by atoms with Gasteiger partial charge in [-0.2, -0.15) is 0 Å². The minimum absolute atomic E-state index is 0.0671. The number of ether oxygens (including phenoxy) is 2. The number of allylic oxidation sites excluding steroid dienone is 1. The van der Waals surface area contributed by atoms with Gasteiger partial charge in [-0.25, -0.2) is 0 Å². The molecule has 1 aromatic carbocycles. The van der Waals surface area contributed by atoms with Gasteiger partial charge < -0.3 is 14.0 Å². The Kier molecular flexibility index (Phi) is 8.24. The Bertz CT molecular complexity index is 942. The predicted octanol–water partition coefficient (Wildman–Crippen LogP) is 5.23. The fourth-order valence-corrected chi connectivity index (χ4v) is 3.08. The maximum atomic E-state index is 13.1. The highest BCUT2D eigenvalue weighted by Crippen LogP contribution is 2.35. The van der Waals surface area contributed by atoms with Gasteiger partial charge in [-0.1, -0.05) is 31.8 Å². The summed E-state index contributed by atoms with van der Waals surface area (Å²) < 4.78 is 13.3. The molecule has 0 N–H and O–H groups in total. The van der Waals surface area contributed by atoms with Crippen LogP contribution in [0, 0.1) is 10.1 Å². The Morgan fingerprint density at radius 1 is 1.14 bits per heavy atom. The highest BCUT2D eigenvalue weighted by molar-refractivity contribution is 5.89. The molecule has 0 spiro atoms. The molecular weight excluding hydrogens is 372 g/mol. The zero-order valence-corrected chi connectivity index (χ0v) is 17.7. The SMILES string of the molecule is CCCCCCOc1c(OCC=C(C)C)c2ccc([N+](=O)[O-])cc2n(CC)c1=O. The fourth-order valence-electron chi connectivity index (χ4n) is 3.08. The van der Waals surface area contributed by atoms with Crippen LogP contribution in [0.1, 0.15) is 53.4 Å². The zero-order chi connectivity index (χ0) is 21.4. The predicted molar refractivity (Wildman–Crippen MR) is 115 cm³/mol. The molecule has 7 heteroatoms. The molecule has 0 aliphatic rings. The van der Waals surface area contributed by atoms with Gasteiger partial charge in [0.05, 0.1) is 17.0 Å². The number of nitrogens with zero attached hydrogens (tertiary/aromatic N) is 2. The van der Waals surface area contributed by atoms with Crippen molar-refractivity contribution in [3.05, 3.63) is 50.3 Å². The lowest BCUT2D eigenvalue weighted by molar-refractivity contribution is -0.384. The summed E-state index contributed by atoms with van der Waals surface area (Å²) in [5.74, 6) is 0.518. The molecule has 0 atom stereocenters. The van der Waals surface area contributed by atoms with E-state index in [0.29, 0.717) is 29.8 Å². The molecule has 0 unspecified atom stereocenters. The van der Waals surface area contributed by atoms with E-state index in [1.165, 1.54) is 16.7 Å². The first-order valence-corrected chi connectivity index (χ1v) is 10.1. The molecule has 0 bridgehead atoms. The summed E-state index contributed by atoms with van der Waals surface area (Å²) in [7, 11) is 0. The van der Waals surface area contributed by atoms with Crippen LogP contribution in [-0.4, -0.2) is 22.7 Å². The summed E-state index contributed by atoms with van der Waals surface area (Å²) in [6.45, 7) is 8.98. The molecule has 29 heavy (non-hydrogen) atoms. The molecule has 0 saturated heterocycles. The van der Waals surface area contributed by atoms with Crippen molar-refractivity contribution in [2.75, 3.05) is 13.2 Å². The monoisotopic (exact) mass is 402 g/mol. The number of aromatic nitrogens is 1. The summed E-state index contributed by atoms with van der Waals surface area (Å²) >= 11 is 0. The van der Waals surface area contributed by atoms with E-state index in [-0.39, 0.29) is 23.6 Å². The van der Waals surface area contributed by atoms with E-state index in [9.17, 15) is 14.9 Å². The van der Waals surface area contributed by atoms with Crippen molar-refractivity contribution in [3.8, 4) is 11.5 Å². The number of unbranched alkanes of at least 4 members (excludes halogenated alkanes) is 3. The number of benzene rings is 1. The molecule has 0 aliphatic heterocycles. The van der Waals surface area contributed by atoms with Crippen LogP contribution in [0.25, 0.3) is 10.9 Å². The minimum Gasteiger partial charge on any atom is -0.485 e. The highest BCUT2D eigenvalue weighted by Gasteiger charge is 2.21. The number of non-ortho nitro benzene ring substituents is 1. The Balaban J connectivity index is 2.56. The van der Waals surface area contributed by atoms with Gasteiger partial charge in [0.15, 0.2) is 5.75 Å². The van der Waals surface area contributed by atoms with Crippen molar-refractivity contribution in [3.63, 3.8) is 0 Å².